The fraction of sp³-hybridized carbons (Fsp3) is 0.438. The Labute approximate surface area is 181 Å². The maximum absolute atomic E-state index is 12.7. The van der Waals surface area contributed by atoms with Crippen LogP contribution in [0.5, 0.6) is 0 Å². The second kappa shape index (κ2) is 7.65. The van der Waals surface area contributed by atoms with Crippen LogP contribution in [0, 0.1) is 0 Å². The molecule has 3 amide bonds. The lowest BCUT2D eigenvalue weighted by Gasteiger charge is -2.28. The van der Waals surface area contributed by atoms with Crippen molar-refractivity contribution in [2.75, 3.05) is 24.6 Å². The van der Waals surface area contributed by atoms with Gasteiger partial charge in [0.05, 0.1) is 42.7 Å². The summed E-state index contributed by atoms with van der Waals surface area (Å²) in [5, 5.41) is -0.747. The molecule has 2 aliphatic rings. The Bertz CT molecular complexity index is 964. The zero-order valence-electron chi connectivity index (χ0n) is 14.5. The number of amides is 3. The monoisotopic (exact) mass is 486 g/mol. The first-order valence-corrected chi connectivity index (χ1v) is 11.6. The summed E-state index contributed by atoms with van der Waals surface area (Å²) in [6.45, 7) is 1.36. The van der Waals surface area contributed by atoms with Crippen LogP contribution in [0.3, 0.4) is 0 Å². The van der Waals surface area contributed by atoms with E-state index in [1.165, 1.54) is 4.90 Å². The molecule has 2 heterocycles. The molecule has 0 N–H and O–H groups in total. The molecule has 0 radical (unpaired) electrons. The van der Waals surface area contributed by atoms with Gasteiger partial charge in [-0.1, -0.05) is 46.4 Å². The molecule has 0 spiro atoms. The van der Waals surface area contributed by atoms with E-state index in [0.29, 0.717) is 11.3 Å². The number of sulfone groups is 1. The van der Waals surface area contributed by atoms with Gasteiger partial charge in [0.15, 0.2) is 9.84 Å². The van der Waals surface area contributed by atoms with Gasteiger partial charge in [-0.05, 0) is 13.3 Å². The van der Waals surface area contributed by atoms with E-state index >= 15 is 0 Å². The second-order valence-corrected chi connectivity index (χ2v) is 10.2. The number of imide groups is 1. The molecule has 1 aromatic carbocycles. The summed E-state index contributed by atoms with van der Waals surface area (Å²) in [4.78, 5) is 40.2. The lowest BCUT2D eigenvalue weighted by molar-refractivity contribution is -0.133. The number of nitrogens with zero attached hydrogens (tertiary/aromatic N) is 2. The standard InChI is InChI=1S/C16H14Cl4N2O5S/c1-2-21(7-3-4-28(26,27)6-7)8(23)5-22-15(24)9-10(16(22)25)12(18)14(20)13(19)11(9)17/h7H,2-6H2,1H3. The summed E-state index contributed by atoms with van der Waals surface area (Å²) in [5.74, 6) is -2.32. The fourth-order valence-corrected chi connectivity index (χ4v) is 6.17. The Hall–Kier alpha value is -1.06. The van der Waals surface area contributed by atoms with Gasteiger partial charge < -0.3 is 4.90 Å². The summed E-state index contributed by atoms with van der Waals surface area (Å²) in [5.41, 5.74) is -0.407. The van der Waals surface area contributed by atoms with E-state index < -0.39 is 40.1 Å². The molecule has 2 aliphatic heterocycles. The Morgan fingerprint density at radius 1 is 1.04 bits per heavy atom. The molecule has 0 saturated carbocycles. The van der Waals surface area contributed by atoms with E-state index in [9.17, 15) is 22.8 Å². The number of halogens is 4. The van der Waals surface area contributed by atoms with Gasteiger partial charge in [-0.3, -0.25) is 19.3 Å². The molecule has 152 valence electrons. The zero-order chi connectivity index (χ0) is 21.0. The Morgan fingerprint density at radius 3 is 1.93 bits per heavy atom. The highest BCUT2D eigenvalue weighted by atomic mass is 35.5. The minimum absolute atomic E-state index is 0.00330. The molecular weight excluding hydrogens is 474 g/mol. The third-order valence-electron chi connectivity index (χ3n) is 4.79. The molecular formula is C16H14Cl4N2O5S. The van der Waals surface area contributed by atoms with E-state index in [4.69, 9.17) is 46.4 Å². The van der Waals surface area contributed by atoms with E-state index in [1.54, 1.807) is 6.92 Å². The molecule has 0 aromatic heterocycles. The van der Waals surface area contributed by atoms with Gasteiger partial charge in [-0.25, -0.2) is 8.42 Å². The van der Waals surface area contributed by atoms with E-state index in [0.717, 1.165) is 0 Å². The van der Waals surface area contributed by atoms with Crippen molar-refractivity contribution in [3.05, 3.63) is 31.2 Å². The largest absolute Gasteiger partial charge is 0.337 e. The molecule has 0 bridgehead atoms. The topological polar surface area (TPSA) is 91.8 Å². The molecule has 7 nitrogen and oxygen atoms in total. The number of benzene rings is 1. The molecule has 12 heteroatoms. The second-order valence-electron chi connectivity index (χ2n) is 6.44. The van der Waals surface area contributed by atoms with Gasteiger partial charge in [0.25, 0.3) is 11.8 Å². The van der Waals surface area contributed by atoms with Crippen molar-refractivity contribution in [3.8, 4) is 0 Å². The molecule has 1 fully saturated rings. The summed E-state index contributed by atoms with van der Waals surface area (Å²) < 4.78 is 23.4. The number of likely N-dealkylation sites (N-methyl/N-ethyl adjacent to an activating group) is 1. The summed E-state index contributed by atoms with van der Waals surface area (Å²) >= 11 is 24.0. The average Bonchev–Trinajstić information content (AvgIpc) is 3.10. The summed E-state index contributed by atoms with van der Waals surface area (Å²) in [7, 11) is -3.20. The zero-order valence-corrected chi connectivity index (χ0v) is 18.3. The van der Waals surface area contributed by atoms with Crippen LogP contribution < -0.4 is 0 Å². The SMILES string of the molecule is CCN(C(=O)CN1C(=O)c2c(Cl)c(Cl)c(Cl)c(Cl)c2C1=O)C1CCS(=O)(=O)C1. The molecule has 1 unspecified atom stereocenters. The van der Waals surface area contributed by atoms with E-state index in [-0.39, 0.29) is 49.3 Å². The maximum atomic E-state index is 12.7. The molecule has 3 rings (SSSR count). The third-order valence-corrected chi connectivity index (χ3v) is 8.34. The lowest BCUT2D eigenvalue weighted by Crippen LogP contribution is -2.47. The van der Waals surface area contributed by atoms with E-state index in [2.05, 4.69) is 0 Å². The van der Waals surface area contributed by atoms with Crippen molar-refractivity contribution < 1.29 is 22.8 Å². The Morgan fingerprint density at radius 2 is 1.54 bits per heavy atom. The van der Waals surface area contributed by atoms with Crippen molar-refractivity contribution >= 4 is 74.0 Å². The van der Waals surface area contributed by atoms with Crippen LogP contribution in [0.1, 0.15) is 34.1 Å². The van der Waals surface area contributed by atoms with Crippen LogP contribution in [0.4, 0.5) is 0 Å². The number of hydrogen-bond donors (Lipinski definition) is 0. The lowest BCUT2D eigenvalue weighted by atomic mass is 10.1. The predicted molar refractivity (Wildman–Crippen MR) is 106 cm³/mol. The summed E-state index contributed by atoms with van der Waals surface area (Å²) in [6, 6.07) is -0.492. The van der Waals surface area contributed by atoms with Gasteiger partial charge in [-0.15, -0.1) is 0 Å². The fourth-order valence-electron chi connectivity index (χ4n) is 3.42. The first kappa shape index (κ1) is 21.6. The number of fused-ring (bicyclic) bond motifs is 1. The number of carbonyl (C=O) groups is 3. The van der Waals surface area contributed by atoms with Crippen molar-refractivity contribution in [1.82, 2.24) is 9.80 Å². The van der Waals surface area contributed by atoms with Gasteiger partial charge >= 0.3 is 0 Å². The number of rotatable bonds is 4. The van der Waals surface area contributed by atoms with Crippen LogP contribution in [-0.4, -0.2) is 66.6 Å². The highest BCUT2D eigenvalue weighted by molar-refractivity contribution is 7.91. The summed E-state index contributed by atoms with van der Waals surface area (Å²) in [6.07, 6.45) is 0.312. The van der Waals surface area contributed by atoms with Crippen LogP contribution in [0.25, 0.3) is 0 Å². The predicted octanol–water partition coefficient (Wildman–Crippen LogP) is 2.93. The van der Waals surface area contributed by atoms with Crippen molar-refractivity contribution in [2.45, 2.75) is 19.4 Å². The first-order valence-electron chi connectivity index (χ1n) is 8.22. The average molecular weight is 488 g/mol. The van der Waals surface area contributed by atoms with Crippen molar-refractivity contribution in [1.29, 1.82) is 0 Å². The number of carbonyl (C=O) groups excluding carboxylic acids is 3. The third kappa shape index (κ3) is 3.50. The quantitative estimate of drug-likeness (QED) is 0.370. The highest BCUT2D eigenvalue weighted by Gasteiger charge is 2.43. The van der Waals surface area contributed by atoms with Gasteiger partial charge in [0, 0.05) is 12.6 Å². The Kier molecular flexibility index (Phi) is 5.91. The van der Waals surface area contributed by atoms with Crippen molar-refractivity contribution in [3.63, 3.8) is 0 Å². The van der Waals surface area contributed by atoms with Crippen LogP contribution in [0.15, 0.2) is 0 Å². The van der Waals surface area contributed by atoms with Gasteiger partial charge in [0.2, 0.25) is 5.91 Å². The Balaban J connectivity index is 1.88. The molecule has 28 heavy (non-hydrogen) atoms. The van der Waals surface area contributed by atoms with Gasteiger partial charge in [-0.2, -0.15) is 0 Å². The minimum atomic E-state index is -3.20. The minimum Gasteiger partial charge on any atom is -0.337 e. The van der Waals surface area contributed by atoms with Crippen LogP contribution >= 0.6 is 46.4 Å². The highest BCUT2D eigenvalue weighted by Crippen LogP contribution is 2.44. The van der Waals surface area contributed by atoms with Crippen LogP contribution in [0.2, 0.25) is 20.1 Å². The molecule has 1 aromatic rings. The van der Waals surface area contributed by atoms with Crippen molar-refractivity contribution in [2.24, 2.45) is 0 Å². The molecule has 1 atom stereocenters. The smallest absolute Gasteiger partial charge is 0.263 e. The maximum Gasteiger partial charge on any atom is 0.263 e. The molecule has 1 saturated heterocycles. The van der Waals surface area contributed by atoms with Gasteiger partial charge in [0.1, 0.15) is 6.54 Å². The normalized spacial score (nSPS) is 20.6. The van der Waals surface area contributed by atoms with E-state index in [1.807, 2.05) is 0 Å². The number of hydrogen-bond acceptors (Lipinski definition) is 5. The first-order chi connectivity index (χ1) is 13.0. The van der Waals surface area contributed by atoms with Crippen LogP contribution in [-0.2, 0) is 14.6 Å². The molecule has 0 aliphatic carbocycles.